The third-order valence-corrected chi connectivity index (χ3v) is 4.49. The standard InChI is InChI=1S/C12H21N3O4S/c1-20(18,19)14-10-3-2-6-15(8-10)12(17)9-4-5-11(16)13-7-9/h9-10,14H,2-8H2,1H3,(H,13,16). The zero-order valence-corrected chi connectivity index (χ0v) is 12.4. The van der Waals surface area contributed by atoms with E-state index in [0.717, 1.165) is 19.1 Å². The molecule has 0 radical (unpaired) electrons. The van der Waals surface area contributed by atoms with Gasteiger partial charge in [0.1, 0.15) is 0 Å². The zero-order valence-electron chi connectivity index (χ0n) is 11.6. The van der Waals surface area contributed by atoms with Crippen molar-refractivity contribution in [3.8, 4) is 0 Å². The molecule has 0 aliphatic carbocycles. The van der Waals surface area contributed by atoms with Crippen LogP contribution in [0.15, 0.2) is 0 Å². The van der Waals surface area contributed by atoms with Crippen molar-refractivity contribution < 1.29 is 18.0 Å². The van der Waals surface area contributed by atoms with E-state index >= 15 is 0 Å². The van der Waals surface area contributed by atoms with Gasteiger partial charge in [0.2, 0.25) is 21.8 Å². The number of hydrogen-bond acceptors (Lipinski definition) is 4. The Morgan fingerprint density at radius 3 is 2.75 bits per heavy atom. The first-order chi connectivity index (χ1) is 9.35. The maximum absolute atomic E-state index is 12.4. The van der Waals surface area contributed by atoms with E-state index in [0.29, 0.717) is 32.5 Å². The summed E-state index contributed by atoms with van der Waals surface area (Å²) in [6, 6.07) is -0.208. The Hall–Kier alpha value is -1.15. The van der Waals surface area contributed by atoms with Crippen molar-refractivity contribution in [1.29, 1.82) is 0 Å². The van der Waals surface area contributed by atoms with Gasteiger partial charge in [-0.25, -0.2) is 13.1 Å². The van der Waals surface area contributed by atoms with Gasteiger partial charge in [-0.05, 0) is 19.3 Å². The number of carbonyl (C=O) groups excluding carboxylic acids is 2. The van der Waals surface area contributed by atoms with E-state index in [1.165, 1.54) is 0 Å². The van der Waals surface area contributed by atoms with Crippen LogP contribution in [-0.2, 0) is 19.6 Å². The van der Waals surface area contributed by atoms with Gasteiger partial charge in [0.25, 0.3) is 0 Å². The first-order valence-electron chi connectivity index (χ1n) is 6.88. The monoisotopic (exact) mass is 303 g/mol. The van der Waals surface area contributed by atoms with E-state index in [9.17, 15) is 18.0 Å². The molecular weight excluding hydrogens is 282 g/mol. The summed E-state index contributed by atoms with van der Waals surface area (Å²) in [7, 11) is -3.25. The van der Waals surface area contributed by atoms with E-state index < -0.39 is 10.0 Å². The highest BCUT2D eigenvalue weighted by molar-refractivity contribution is 7.88. The van der Waals surface area contributed by atoms with E-state index in [-0.39, 0.29) is 23.8 Å². The molecule has 7 nitrogen and oxygen atoms in total. The molecule has 0 bridgehead atoms. The van der Waals surface area contributed by atoms with Gasteiger partial charge in [0.15, 0.2) is 0 Å². The predicted octanol–water partition coefficient (Wildman–Crippen LogP) is -0.947. The van der Waals surface area contributed by atoms with Crippen molar-refractivity contribution in [3.63, 3.8) is 0 Å². The Labute approximate surface area is 119 Å². The number of sulfonamides is 1. The minimum absolute atomic E-state index is 0.00989. The average molecular weight is 303 g/mol. The predicted molar refractivity (Wildman–Crippen MR) is 73.3 cm³/mol. The van der Waals surface area contributed by atoms with Crippen molar-refractivity contribution >= 4 is 21.8 Å². The van der Waals surface area contributed by atoms with Gasteiger partial charge in [-0.2, -0.15) is 0 Å². The molecule has 2 fully saturated rings. The molecule has 8 heteroatoms. The van der Waals surface area contributed by atoms with Crippen LogP contribution in [0.4, 0.5) is 0 Å². The molecule has 0 aromatic heterocycles. The van der Waals surface area contributed by atoms with Crippen molar-refractivity contribution in [3.05, 3.63) is 0 Å². The quantitative estimate of drug-likeness (QED) is 0.703. The molecule has 0 aromatic carbocycles. The molecule has 2 N–H and O–H groups in total. The summed E-state index contributed by atoms with van der Waals surface area (Å²) in [6.07, 6.45) is 3.63. The van der Waals surface area contributed by atoms with Crippen molar-refractivity contribution in [1.82, 2.24) is 14.9 Å². The van der Waals surface area contributed by atoms with E-state index in [1.54, 1.807) is 4.90 Å². The molecule has 0 aromatic rings. The van der Waals surface area contributed by atoms with Crippen molar-refractivity contribution in [2.24, 2.45) is 5.92 Å². The third-order valence-electron chi connectivity index (χ3n) is 3.73. The van der Waals surface area contributed by atoms with Gasteiger partial charge in [-0.3, -0.25) is 9.59 Å². The molecule has 0 saturated carbocycles. The maximum Gasteiger partial charge on any atom is 0.227 e. The number of nitrogens with zero attached hydrogens (tertiary/aromatic N) is 1. The second kappa shape index (κ2) is 6.09. The molecule has 2 aliphatic heterocycles. The molecule has 2 heterocycles. The zero-order chi connectivity index (χ0) is 14.8. The minimum Gasteiger partial charge on any atom is -0.355 e. The number of carbonyl (C=O) groups is 2. The number of amides is 2. The van der Waals surface area contributed by atoms with Crippen LogP contribution >= 0.6 is 0 Å². The molecule has 2 unspecified atom stereocenters. The van der Waals surface area contributed by atoms with Crippen molar-refractivity contribution in [2.75, 3.05) is 25.9 Å². The molecule has 2 saturated heterocycles. The van der Waals surface area contributed by atoms with Crippen LogP contribution in [0.25, 0.3) is 0 Å². The van der Waals surface area contributed by atoms with Crippen LogP contribution in [0.1, 0.15) is 25.7 Å². The van der Waals surface area contributed by atoms with Gasteiger partial charge < -0.3 is 10.2 Å². The van der Waals surface area contributed by atoms with E-state index in [2.05, 4.69) is 10.0 Å². The lowest BCUT2D eigenvalue weighted by atomic mass is 9.96. The third kappa shape index (κ3) is 4.17. The second-order valence-electron chi connectivity index (χ2n) is 5.55. The van der Waals surface area contributed by atoms with Gasteiger partial charge in [0, 0.05) is 32.1 Å². The molecule has 2 amide bonds. The highest BCUT2D eigenvalue weighted by Crippen LogP contribution is 2.18. The second-order valence-corrected chi connectivity index (χ2v) is 7.33. The van der Waals surface area contributed by atoms with Crippen LogP contribution in [0, 0.1) is 5.92 Å². The number of likely N-dealkylation sites (tertiary alicyclic amines) is 1. The maximum atomic E-state index is 12.4. The van der Waals surface area contributed by atoms with Gasteiger partial charge >= 0.3 is 0 Å². The lowest BCUT2D eigenvalue weighted by molar-refractivity contribution is -0.138. The number of rotatable bonds is 3. The van der Waals surface area contributed by atoms with E-state index in [4.69, 9.17) is 0 Å². The fourth-order valence-corrected chi connectivity index (χ4v) is 3.58. The summed E-state index contributed by atoms with van der Waals surface area (Å²) in [6.45, 7) is 1.46. The molecule has 114 valence electrons. The smallest absolute Gasteiger partial charge is 0.227 e. The molecule has 2 aliphatic rings. The highest BCUT2D eigenvalue weighted by atomic mass is 32.2. The highest BCUT2D eigenvalue weighted by Gasteiger charge is 2.31. The Bertz CT molecular complexity index is 481. The Balaban J connectivity index is 1.91. The van der Waals surface area contributed by atoms with Crippen LogP contribution in [0.2, 0.25) is 0 Å². The van der Waals surface area contributed by atoms with Crippen molar-refractivity contribution in [2.45, 2.75) is 31.7 Å². The number of hydrogen-bond donors (Lipinski definition) is 2. The average Bonchev–Trinajstić information content (AvgIpc) is 2.37. The fraction of sp³-hybridized carbons (Fsp3) is 0.833. The lowest BCUT2D eigenvalue weighted by Crippen LogP contribution is -2.52. The minimum atomic E-state index is -3.25. The summed E-state index contributed by atoms with van der Waals surface area (Å²) in [5, 5.41) is 2.70. The molecular formula is C12H21N3O4S. The molecule has 20 heavy (non-hydrogen) atoms. The topological polar surface area (TPSA) is 95.6 Å². The summed E-state index contributed by atoms with van der Waals surface area (Å²) in [5.74, 6) is -0.168. The molecule has 2 atom stereocenters. The van der Waals surface area contributed by atoms with Gasteiger partial charge in [0.05, 0.1) is 12.2 Å². The Morgan fingerprint density at radius 2 is 2.15 bits per heavy atom. The lowest BCUT2D eigenvalue weighted by Gasteiger charge is -2.35. The summed E-state index contributed by atoms with van der Waals surface area (Å²) in [5.41, 5.74) is 0. The normalized spacial score (nSPS) is 28.1. The number of piperidine rings is 2. The summed E-state index contributed by atoms with van der Waals surface area (Å²) >= 11 is 0. The van der Waals surface area contributed by atoms with E-state index in [1.807, 2.05) is 0 Å². The van der Waals surface area contributed by atoms with Crippen LogP contribution < -0.4 is 10.0 Å². The van der Waals surface area contributed by atoms with Crippen LogP contribution in [-0.4, -0.2) is 57.1 Å². The number of nitrogens with one attached hydrogen (secondary N) is 2. The van der Waals surface area contributed by atoms with Crippen LogP contribution in [0.5, 0.6) is 0 Å². The SMILES string of the molecule is CS(=O)(=O)NC1CCCN(C(=O)C2CCC(=O)NC2)C1. The largest absolute Gasteiger partial charge is 0.355 e. The first kappa shape index (κ1) is 15.2. The molecule has 2 rings (SSSR count). The Morgan fingerprint density at radius 1 is 1.40 bits per heavy atom. The molecule has 0 spiro atoms. The Kier molecular flexibility index (Phi) is 4.64. The fourth-order valence-electron chi connectivity index (χ4n) is 2.78. The van der Waals surface area contributed by atoms with Crippen LogP contribution in [0.3, 0.4) is 0 Å². The first-order valence-corrected chi connectivity index (χ1v) is 8.77. The van der Waals surface area contributed by atoms with Gasteiger partial charge in [-0.1, -0.05) is 0 Å². The summed E-state index contributed by atoms with van der Waals surface area (Å²) in [4.78, 5) is 25.2. The summed E-state index contributed by atoms with van der Waals surface area (Å²) < 4.78 is 25.1. The van der Waals surface area contributed by atoms with Gasteiger partial charge in [-0.15, -0.1) is 0 Å².